The fourth-order valence-electron chi connectivity index (χ4n) is 1.73. The third kappa shape index (κ3) is 2.35. The number of nitrogens with one attached hydrogen (secondary N) is 1. The van der Waals surface area contributed by atoms with Gasteiger partial charge in [-0.1, -0.05) is 0 Å². The summed E-state index contributed by atoms with van der Waals surface area (Å²) in [4.78, 5) is 0. The fraction of sp³-hybridized carbons (Fsp3) is 0.214. The van der Waals surface area contributed by atoms with Crippen molar-refractivity contribution in [2.45, 2.75) is 19.9 Å². The molecule has 0 aliphatic rings. The minimum atomic E-state index is -0.379. The van der Waals surface area contributed by atoms with Crippen molar-refractivity contribution in [3.8, 4) is 6.07 Å². The molecule has 3 nitrogen and oxygen atoms in total. The van der Waals surface area contributed by atoms with Crippen LogP contribution in [0.4, 0.5) is 10.1 Å². The molecule has 1 unspecified atom stereocenters. The minimum Gasteiger partial charge on any atom is -0.472 e. The summed E-state index contributed by atoms with van der Waals surface area (Å²) in [6, 6.07) is 6.66. The molecule has 0 fully saturated rings. The number of nitriles is 1. The maximum Gasteiger partial charge on any atom is 0.129 e. The second-order valence-electron chi connectivity index (χ2n) is 4.17. The first-order chi connectivity index (χ1) is 8.61. The van der Waals surface area contributed by atoms with Gasteiger partial charge in [0.15, 0.2) is 0 Å². The van der Waals surface area contributed by atoms with Gasteiger partial charge >= 0.3 is 0 Å². The number of furan rings is 1. The van der Waals surface area contributed by atoms with Crippen molar-refractivity contribution in [2.24, 2.45) is 0 Å². The quantitative estimate of drug-likeness (QED) is 0.894. The predicted molar refractivity (Wildman–Crippen MR) is 66.6 cm³/mol. The van der Waals surface area contributed by atoms with Gasteiger partial charge in [0, 0.05) is 16.8 Å². The first-order valence-electron chi connectivity index (χ1n) is 5.60. The van der Waals surface area contributed by atoms with Gasteiger partial charge in [0.25, 0.3) is 0 Å². The van der Waals surface area contributed by atoms with Crippen molar-refractivity contribution in [3.05, 3.63) is 53.2 Å². The van der Waals surface area contributed by atoms with E-state index < -0.39 is 0 Å². The Morgan fingerprint density at radius 2 is 2.22 bits per heavy atom. The van der Waals surface area contributed by atoms with Gasteiger partial charge in [0.1, 0.15) is 5.82 Å². The van der Waals surface area contributed by atoms with Crippen molar-refractivity contribution in [3.63, 3.8) is 0 Å². The smallest absolute Gasteiger partial charge is 0.129 e. The zero-order valence-corrected chi connectivity index (χ0v) is 10.2. The monoisotopic (exact) mass is 244 g/mol. The van der Waals surface area contributed by atoms with Crippen LogP contribution in [0, 0.1) is 24.1 Å². The van der Waals surface area contributed by atoms with Crippen LogP contribution in [0.25, 0.3) is 0 Å². The van der Waals surface area contributed by atoms with Crippen LogP contribution in [0.2, 0.25) is 0 Å². The Hall–Kier alpha value is -2.28. The standard InChI is InChI=1S/C14H13FN2O/c1-9-13(15)5-11(7-16)6-14(9)17-10(2)12-3-4-18-8-12/h3-6,8,10,17H,1-2H3. The molecule has 2 rings (SSSR count). The van der Waals surface area contributed by atoms with Gasteiger partial charge in [-0.2, -0.15) is 5.26 Å². The normalized spacial score (nSPS) is 11.9. The van der Waals surface area contributed by atoms with Crippen molar-refractivity contribution in [1.82, 2.24) is 0 Å². The molecule has 0 radical (unpaired) electrons. The molecule has 1 heterocycles. The summed E-state index contributed by atoms with van der Waals surface area (Å²) >= 11 is 0. The number of hydrogen-bond acceptors (Lipinski definition) is 3. The highest BCUT2D eigenvalue weighted by Crippen LogP contribution is 2.25. The number of rotatable bonds is 3. The Morgan fingerprint density at radius 1 is 1.44 bits per heavy atom. The molecule has 2 aromatic rings. The molecular formula is C14H13FN2O. The van der Waals surface area contributed by atoms with Crippen LogP contribution < -0.4 is 5.32 Å². The summed E-state index contributed by atoms with van der Waals surface area (Å²) in [5.74, 6) is -0.379. The molecule has 92 valence electrons. The van der Waals surface area contributed by atoms with E-state index in [2.05, 4.69) is 5.32 Å². The Labute approximate surface area is 105 Å². The molecule has 0 saturated carbocycles. The van der Waals surface area contributed by atoms with Crippen LogP contribution in [-0.4, -0.2) is 0 Å². The Kier molecular flexibility index (Phi) is 3.33. The van der Waals surface area contributed by atoms with Crippen LogP contribution in [0.1, 0.15) is 29.7 Å². The van der Waals surface area contributed by atoms with E-state index in [1.165, 1.54) is 6.07 Å². The number of benzene rings is 1. The lowest BCUT2D eigenvalue weighted by atomic mass is 10.1. The van der Waals surface area contributed by atoms with Gasteiger partial charge in [-0.25, -0.2) is 4.39 Å². The number of hydrogen-bond donors (Lipinski definition) is 1. The highest BCUT2D eigenvalue weighted by Gasteiger charge is 2.11. The minimum absolute atomic E-state index is 0.0178. The Balaban J connectivity index is 2.29. The SMILES string of the molecule is Cc1c(F)cc(C#N)cc1NC(C)c1ccoc1. The molecule has 0 aliphatic heterocycles. The summed E-state index contributed by atoms with van der Waals surface area (Å²) in [5.41, 5.74) is 2.40. The van der Waals surface area contributed by atoms with E-state index in [-0.39, 0.29) is 11.9 Å². The molecule has 4 heteroatoms. The lowest BCUT2D eigenvalue weighted by molar-refractivity contribution is 0.562. The summed E-state index contributed by atoms with van der Waals surface area (Å²) in [5, 5.41) is 12.0. The van der Waals surface area contributed by atoms with Gasteiger partial charge < -0.3 is 9.73 Å². The summed E-state index contributed by atoms with van der Waals surface area (Å²) in [7, 11) is 0. The molecular weight excluding hydrogens is 231 g/mol. The van der Waals surface area contributed by atoms with Gasteiger partial charge in [-0.05, 0) is 32.0 Å². The maximum absolute atomic E-state index is 13.6. The molecule has 1 atom stereocenters. The molecule has 0 spiro atoms. The maximum atomic E-state index is 13.6. The second-order valence-corrected chi connectivity index (χ2v) is 4.17. The summed E-state index contributed by atoms with van der Waals surface area (Å²) in [6.07, 6.45) is 3.23. The van der Waals surface area contributed by atoms with Crippen LogP contribution in [-0.2, 0) is 0 Å². The largest absolute Gasteiger partial charge is 0.472 e. The second kappa shape index (κ2) is 4.92. The zero-order valence-electron chi connectivity index (χ0n) is 10.2. The van der Waals surface area contributed by atoms with Crippen molar-refractivity contribution in [1.29, 1.82) is 5.26 Å². The lowest BCUT2D eigenvalue weighted by Crippen LogP contribution is -2.07. The average Bonchev–Trinajstić information content (AvgIpc) is 2.88. The number of anilines is 1. The van der Waals surface area contributed by atoms with Crippen molar-refractivity contribution < 1.29 is 8.81 Å². The zero-order chi connectivity index (χ0) is 13.1. The fourth-order valence-corrected chi connectivity index (χ4v) is 1.73. The molecule has 1 aromatic heterocycles. The topological polar surface area (TPSA) is 49.0 Å². The van der Waals surface area contributed by atoms with Gasteiger partial charge in [-0.15, -0.1) is 0 Å². The first kappa shape index (κ1) is 12.2. The third-order valence-corrected chi connectivity index (χ3v) is 2.89. The van der Waals surface area contributed by atoms with Crippen LogP contribution in [0.15, 0.2) is 35.1 Å². The first-order valence-corrected chi connectivity index (χ1v) is 5.60. The molecule has 0 amide bonds. The number of nitrogens with zero attached hydrogens (tertiary/aromatic N) is 1. The molecule has 1 N–H and O–H groups in total. The predicted octanol–water partition coefficient (Wildman–Crippen LogP) is 3.77. The molecule has 18 heavy (non-hydrogen) atoms. The van der Waals surface area contributed by atoms with Gasteiger partial charge in [-0.3, -0.25) is 0 Å². The average molecular weight is 244 g/mol. The highest BCUT2D eigenvalue weighted by atomic mass is 19.1. The van der Waals surface area contributed by atoms with E-state index in [4.69, 9.17) is 9.68 Å². The van der Waals surface area contributed by atoms with Gasteiger partial charge in [0.05, 0.1) is 30.2 Å². The Bertz CT molecular complexity index is 585. The van der Waals surface area contributed by atoms with E-state index in [0.717, 1.165) is 5.56 Å². The van der Waals surface area contributed by atoms with E-state index in [9.17, 15) is 4.39 Å². The van der Waals surface area contributed by atoms with Crippen LogP contribution >= 0.6 is 0 Å². The highest BCUT2D eigenvalue weighted by molar-refractivity contribution is 5.56. The molecule has 0 aliphatic carbocycles. The van der Waals surface area contributed by atoms with Crippen LogP contribution in [0.3, 0.4) is 0 Å². The van der Waals surface area contributed by atoms with Crippen molar-refractivity contribution >= 4 is 5.69 Å². The van der Waals surface area contributed by atoms with Crippen molar-refractivity contribution in [2.75, 3.05) is 5.32 Å². The molecule has 0 bridgehead atoms. The van der Waals surface area contributed by atoms with Crippen LogP contribution in [0.5, 0.6) is 0 Å². The Morgan fingerprint density at radius 3 is 2.83 bits per heavy atom. The van der Waals surface area contributed by atoms with E-state index in [0.29, 0.717) is 16.8 Å². The molecule has 1 aromatic carbocycles. The summed E-state index contributed by atoms with van der Waals surface area (Å²) < 4.78 is 18.6. The molecule has 0 saturated heterocycles. The number of halogens is 1. The third-order valence-electron chi connectivity index (χ3n) is 2.89. The summed E-state index contributed by atoms with van der Waals surface area (Å²) in [6.45, 7) is 3.63. The van der Waals surface area contributed by atoms with E-state index in [1.54, 1.807) is 25.5 Å². The van der Waals surface area contributed by atoms with E-state index in [1.807, 2.05) is 19.1 Å². The lowest BCUT2D eigenvalue weighted by Gasteiger charge is -2.16. The van der Waals surface area contributed by atoms with E-state index >= 15 is 0 Å². The van der Waals surface area contributed by atoms with Gasteiger partial charge in [0.2, 0.25) is 0 Å².